The molecule has 2 rings (SSSR count). The van der Waals surface area contributed by atoms with E-state index in [4.69, 9.17) is 11.6 Å². The first kappa shape index (κ1) is 12.9. The number of halogens is 1. The predicted molar refractivity (Wildman–Crippen MR) is 65.2 cm³/mol. The Morgan fingerprint density at radius 1 is 1.18 bits per heavy atom. The molecule has 0 bridgehead atoms. The Balaban J connectivity index is 2.62. The molecule has 0 radical (unpaired) electrons. The summed E-state index contributed by atoms with van der Waals surface area (Å²) in [6, 6.07) is 7.44. The van der Waals surface area contributed by atoms with Gasteiger partial charge in [0.15, 0.2) is 9.84 Å². The van der Waals surface area contributed by atoms with E-state index < -0.39 is 23.2 Å². The largest absolute Gasteiger partial charge is 0.249 e. The molecule has 0 aromatic heterocycles. The maximum absolute atomic E-state index is 12.3. The maximum Gasteiger partial charge on any atom is 0.249 e. The van der Waals surface area contributed by atoms with Crippen LogP contribution in [0.1, 0.15) is 12.8 Å². The molecule has 0 spiro atoms. The number of alkyl halides is 1. The summed E-state index contributed by atoms with van der Waals surface area (Å²) in [6.45, 7) is 0. The Morgan fingerprint density at radius 3 is 2.24 bits per heavy atom. The van der Waals surface area contributed by atoms with Crippen molar-refractivity contribution in [3.8, 4) is 0 Å². The van der Waals surface area contributed by atoms with Crippen molar-refractivity contribution < 1.29 is 16.8 Å². The average molecular weight is 295 g/mol. The second-order valence-corrected chi connectivity index (χ2v) is 9.76. The van der Waals surface area contributed by atoms with Crippen molar-refractivity contribution in [2.75, 3.05) is 5.75 Å². The van der Waals surface area contributed by atoms with Crippen molar-refractivity contribution in [1.29, 1.82) is 0 Å². The van der Waals surface area contributed by atoms with E-state index >= 15 is 0 Å². The molecule has 1 aliphatic rings. The standard InChI is InChI=1S/C10H11ClO4S2/c11-10(7-4-8-16(10,12)13)17(14,15)9-5-2-1-3-6-9/h1-3,5-6H,4,7-8H2. The summed E-state index contributed by atoms with van der Waals surface area (Å²) in [5, 5.41) is 0. The summed E-state index contributed by atoms with van der Waals surface area (Å²) in [4.78, 5) is -0.0551. The minimum atomic E-state index is -4.07. The molecule has 1 fully saturated rings. The maximum atomic E-state index is 12.3. The van der Waals surface area contributed by atoms with Crippen molar-refractivity contribution in [3.63, 3.8) is 0 Å². The fraction of sp³-hybridized carbons (Fsp3) is 0.400. The highest BCUT2D eigenvalue weighted by molar-refractivity contribution is 8.12. The first-order valence-electron chi connectivity index (χ1n) is 5.02. The van der Waals surface area contributed by atoms with Crippen molar-refractivity contribution in [2.45, 2.75) is 21.3 Å². The Morgan fingerprint density at radius 2 is 1.76 bits per heavy atom. The van der Waals surface area contributed by atoms with Crippen LogP contribution in [0, 0.1) is 0 Å². The van der Waals surface area contributed by atoms with Crippen LogP contribution in [0.3, 0.4) is 0 Å². The molecule has 1 aliphatic heterocycles. The summed E-state index contributed by atoms with van der Waals surface area (Å²) in [5.74, 6) is -0.178. The van der Waals surface area contributed by atoms with Crippen molar-refractivity contribution >= 4 is 31.3 Å². The Hall–Kier alpha value is -0.590. The lowest BCUT2D eigenvalue weighted by molar-refractivity contribution is 0.572. The third-order valence-corrected chi connectivity index (χ3v) is 9.59. The van der Waals surface area contributed by atoms with E-state index in [1.165, 1.54) is 24.3 Å². The molecule has 1 atom stereocenters. The second-order valence-electron chi connectivity index (χ2n) is 3.90. The summed E-state index contributed by atoms with van der Waals surface area (Å²) in [6.07, 6.45) is 0.214. The minimum Gasteiger partial charge on any atom is -0.226 e. The summed E-state index contributed by atoms with van der Waals surface area (Å²) in [7, 11) is -7.88. The van der Waals surface area contributed by atoms with Crippen LogP contribution in [0.5, 0.6) is 0 Å². The van der Waals surface area contributed by atoms with Crippen LogP contribution >= 0.6 is 11.6 Å². The molecule has 4 nitrogen and oxygen atoms in total. The van der Waals surface area contributed by atoms with E-state index in [0.29, 0.717) is 0 Å². The molecular weight excluding hydrogens is 284 g/mol. The molecule has 94 valence electrons. The highest BCUT2D eigenvalue weighted by atomic mass is 35.5. The Bertz CT molecular complexity index is 622. The van der Waals surface area contributed by atoms with Crippen molar-refractivity contribution in [3.05, 3.63) is 30.3 Å². The van der Waals surface area contributed by atoms with Gasteiger partial charge in [0.1, 0.15) is 0 Å². The molecule has 1 unspecified atom stereocenters. The lowest BCUT2D eigenvalue weighted by atomic mass is 10.4. The Kier molecular flexibility index (Phi) is 3.00. The zero-order valence-corrected chi connectivity index (χ0v) is 11.2. The number of hydrogen-bond donors (Lipinski definition) is 0. The fourth-order valence-corrected chi connectivity index (χ4v) is 6.93. The van der Waals surface area contributed by atoms with Crippen molar-refractivity contribution in [1.82, 2.24) is 0 Å². The minimum absolute atomic E-state index is 0.0551. The fourth-order valence-electron chi connectivity index (χ4n) is 1.86. The molecule has 0 aliphatic carbocycles. The van der Waals surface area contributed by atoms with Gasteiger partial charge in [-0.1, -0.05) is 29.8 Å². The van der Waals surface area contributed by atoms with Crippen LogP contribution in [-0.4, -0.2) is 26.1 Å². The lowest BCUT2D eigenvalue weighted by Gasteiger charge is -2.20. The normalized spacial score (nSPS) is 28.1. The van der Waals surface area contributed by atoms with E-state index in [-0.39, 0.29) is 23.5 Å². The van der Waals surface area contributed by atoms with Crippen LogP contribution in [0.15, 0.2) is 35.2 Å². The molecule has 17 heavy (non-hydrogen) atoms. The van der Waals surface area contributed by atoms with Gasteiger partial charge < -0.3 is 0 Å². The molecule has 1 saturated heterocycles. The van der Waals surface area contributed by atoms with Crippen LogP contribution in [-0.2, 0) is 19.7 Å². The third kappa shape index (κ3) is 1.78. The van der Waals surface area contributed by atoms with Gasteiger partial charge in [-0.25, -0.2) is 16.8 Å². The lowest BCUT2D eigenvalue weighted by Crippen LogP contribution is -2.37. The summed E-state index contributed by atoms with van der Waals surface area (Å²) >= 11 is 5.91. The highest BCUT2D eigenvalue weighted by Crippen LogP contribution is 2.44. The van der Waals surface area contributed by atoms with E-state index in [9.17, 15) is 16.8 Å². The smallest absolute Gasteiger partial charge is 0.226 e. The highest BCUT2D eigenvalue weighted by Gasteiger charge is 2.57. The van der Waals surface area contributed by atoms with Gasteiger partial charge in [-0.15, -0.1) is 0 Å². The zero-order valence-electron chi connectivity index (χ0n) is 8.84. The van der Waals surface area contributed by atoms with Gasteiger partial charge in [-0.05, 0) is 25.0 Å². The molecular formula is C10H11ClO4S2. The van der Waals surface area contributed by atoms with Gasteiger partial charge in [0, 0.05) is 0 Å². The molecule has 1 heterocycles. The molecule has 1 aromatic rings. The molecule has 1 aromatic carbocycles. The van der Waals surface area contributed by atoms with Crippen molar-refractivity contribution in [2.24, 2.45) is 0 Å². The van der Waals surface area contributed by atoms with E-state index in [1.54, 1.807) is 6.07 Å². The van der Waals surface area contributed by atoms with Crippen LogP contribution in [0.25, 0.3) is 0 Å². The molecule has 7 heteroatoms. The molecule has 0 N–H and O–H groups in total. The number of sulfone groups is 2. The molecule has 0 amide bonds. The summed E-state index contributed by atoms with van der Waals surface area (Å²) < 4.78 is 45.9. The average Bonchev–Trinajstić information content (AvgIpc) is 2.56. The SMILES string of the molecule is O=S1(=O)CCCC1(Cl)S(=O)(=O)c1ccccc1. The third-order valence-electron chi connectivity index (χ3n) is 2.81. The van der Waals surface area contributed by atoms with Crippen LogP contribution in [0.2, 0.25) is 0 Å². The second kappa shape index (κ2) is 3.96. The first-order valence-corrected chi connectivity index (χ1v) is 8.53. The molecule has 0 saturated carbocycles. The number of hydrogen-bond acceptors (Lipinski definition) is 4. The zero-order chi connectivity index (χ0) is 12.7. The van der Waals surface area contributed by atoms with Gasteiger partial charge in [-0.2, -0.15) is 0 Å². The van der Waals surface area contributed by atoms with E-state index in [1.807, 2.05) is 0 Å². The monoisotopic (exact) mass is 294 g/mol. The van der Waals surface area contributed by atoms with Crippen LogP contribution in [0.4, 0.5) is 0 Å². The van der Waals surface area contributed by atoms with E-state index in [0.717, 1.165) is 0 Å². The number of rotatable bonds is 2. The van der Waals surface area contributed by atoms with Gasteiger partial charge in [0.2, 0.25) is 13.4 Å². The topological polar surface area (TPSA) is 68.3 Å². The predicted octanol–water partition coefficient (Wildman–Crippen LogP) is 1.56. The van der Waals surface area contributed by atoms with Gasteiger partial charge >= 0.3 is 0 Å². The number of benzene rings is 1. The first-order chi connectivity index (χ1) is 7.81. The van der Waals surface area contributed by atoms with Crippen LogP contribution < -0.4 is 0 Å². The summed E-state index contributed by atoms with van der Waals surface area (Å²) in [5.41, 5.74) is 0. The van der Waals surface area contributed by atoms with Gasteiger partial charge in [0.05, 0.1) is 10.6 Å². The van der Waals surface area contributed by atoms with Gasteiger partial charge in [-0.3, -0.25) is 0 Å². The van der Waals surface area contributed by atoms with E-state index in [2.05, 4.69) is 0 Å². The van der Waals surface area contributed by atoms with Gasteiger partial charge in [0.25, 0.3) is 0 Å². The quantitative estimate of drug-likeness (QED) is 0.776. The Labute approximate surface area is 105 Å².